The molecule has 0 aromatic carbocycles. The van der Waals surface area contributed by atoms with Crippen LogP contribution in [0.5, 0.6) is 0 Å². The van der Waals surface area contributed by atoms with Crippen molar-refractivity contribution in [3.05, 3.63) is 0 Å². The van der Waals surface area contributed by atoms with Crippen LogP contribution in [0.3, 0.4) is 0 Å². The van der Waals surface area contributed by atoms with Gasteiger partial charge < -0.3 is 24.6 Å². The molecule has 0 aliphatic heterocycles. The zero-order valence-corrected chi connectivity index (χ0v) is 12.0. The molecule has 0 rings (SSSR count). The molecule has 6 heteroatoms. The molecule has 0 heterocycles. The fourth-order valence-electron chi connectivity index (χ4n) is 1.30. The second kappa shape index (κ2) is 13.7. The summed E-state index contributed by atoms with van der Waals surface area (Å²) in [5.41, 5.74) is 0. The van der Waals surface area contributed by atoms with Gasteiger partial charge in [0.15, 0.2) is 0 Å². The number of rotatable bonds is 13. The number of aliphatic hydroxyl groups is 1. The highest BCUT2D eigenvalue weighted by atomic mass is 16.5. The maximum atomic E-state index is 11.0. The summed E-state index contributed by atoms with van der Waals surface area (Å²) in [5.74, 6) is -0.319. The highest BCUT2D eigenvalue weighted by Crippen LogP contribution is 1.89. The third kappa shape index (κ3) is 13.5. The van der Waals surface area contributed by atoms with Gasteiger partial charge in [0.1, 0.15) is 0 Å². The molecule has 6 nitrogen and oxygen atoms in total. The van der Waals surface area contributed by atoms with Gasteiger partial charge in [-0.25, -0.2) is 0 Å². The number of esters is 1. The topological polar surface area (TPSA) is 77.0 Å². The fraction of sp³-hybridized carbons (Fsp3) is 0.923. The Morgan fingerprint density at radius 1 is 1.21 bits per heavy atom. The molecule has 0 aliphatic carbocycles. The highest BCUT2D eigenvalue weighted by Gasteiger charge is 2.06. The lowest BCUT2D eigenvalue weighted by atomic mass is 10.4. The summed E-state index contributed by atoms with van der Waals surface area (Å²) in [6.07, 6.45) is 1.54. The molecule has 0 aromatic rings. The van der Waals surface area contributed by atoms with Crippen molar-refractivity contribution in [2.75, 3.05) is 46.1 Å². The summed E-state index contributed by atoms with van der Waals surface area (Å²) >= 11 is 0. The van der Waals surface area contributed by atoms with Crippen molar-refractivity contribution in [3.63, 3.8) is 0 Å². The average Bonchev–Trinajstić information content (AvgIpc) is 2.38. The predicted molar refractivity (Wildman–Crippen MR) is 72.1 cm³/mol. The van der Waals surface area contributed by atoms with Gasteiger partial charge in [-0.1, -0.05) is 13.3 Å². The summed E-state index contributed by atoms with van der Waals surface area (Å²) < 4.78 is 15.3. The molecule has 114 valence electrons. The maximum Gasteiger partial charge on any atom is 0.319 e. The molecule has 1 atom stereocenters. The number of nitrogens with one attached hydrogen (secondary N) is 1. The van der Waals surface area contributed by atoms with E-state index < -0.39 is 6.10 Å². The SMILES string of the molecule is CCCCOCCOCC(O)CNCC(=O)OCC. The van der Waals surface area contributed by atoms with Crippen molar-refractivity contribution in [3.8, 4) is 0 Å². The van der Waals surface area contributed by atoms with E-state index in [9.17, 15) is 9.90 Å². The molecule has 0 fully saturated rings. The van der Waals surface area contributed by atoms with Crippen LogP contribution in [0, 0.1) is 0 Å². The van der Waals surface area contributed by atoms with E-state index in [0.717, 1.165) is 19.4 Å². The first kappa shape index (κ1) is 18.3. The largest absolute Gasteiger partial charge is 0.465 e. The Bertz CT molecular complexity index is 213. The minimum Gasteiger partial charge on any atom is -0.465 e. The van der Waals surface area contributed by atoms with Crippen molar-refractivity contribution in [2.45, 2.75) is 32.8 Å². The number of carbonyl (C=O) groups is 1. The van der Waals surface area contributed by atoms with Crippen LogP contribution < -0.4 is 5.32 Å². The number of aliphatic hydroxyl groups excluding tert-OH is 1. The Hall–Kier alpha value is -0.690. The second-order valence-electron chi connectivity index (χ2n) is 4.13. The van der Waals surface area contributed by atoms with Gasteiger partial charge in [0.2, 0.25) is 0 Å². The number of hydrogen-bond acceptors (Lipinski definition) is 6. The predicted octanol–water partition coefficient (Wildman–Crippen LogP) is 0.333. The van der Waals surface area contributed by atoms with Crippen LogP contribution >= 0.6 is 0 Å². The van der Waals surface area contributed by atoms with Gasteiger partial charge in [-0.2, -0.15) is 0 Å². The smallest absolute Gasteiger partial charge is 0.319 e. The molecular formula is C13H27NO5. The van der Waals surface area contributed by atoms with E-state index in [4.69, 9.17) is 14.2 Å². The molecule has 0 saturated heterocycles. The van der Waals surface area contributed by atoms with Gasteiger partial charge in [0, 0.05) is 13.2 Å². The quantitative estimate of drug-likeness (QED) is 0.373. The minimum atomic E-state index is -0.634. The molecule has 2 N–H and O–H groups in total. The number of hydrogen-bond donors (Lipinski definition) is 2. The van der Waals surface area contributed by atoms with Crippen LogP contribution in [0.4, 0.5) is 0 Å². The summed E-state index contributed by atoms with van der Waals surface area (Å²) in [6.45, 7) is 6.63. The molecule has 1 unspecified atom stereocenters. The maximum absolute atomic E-state index is 11.0. The summed E-state index contributed by atoms with van der Waals surface area (Å²) in [7, 11) is 0. The molecule has 0 radical (unpaired) electrons. The molecule has 0 saturated carbocycles. The third-order valence-electron chi connectivity index (χ3n) is 2.28. The van der Waals surface area contributed by atoms with Gasteiger partial charge in [0.05, 0.1) is 39.1 Å². The zero-order chi connectivity index (χ0) is 14.3. The van der Waals surface area contributed by atoms with Gasteiger partial charge in [-0.3, -0.25) is 4.79 Å². The van der Waals surface area contributed by atoms with Gasteiger partial charge in [-0.15, -0.1) is 0 Å². The van der Waals surface area contributed by atoms with Crippen LogP contribution in [0.25, 0.3) is 0 Å². The lowest BCUT2D eigenvalue weighted by Gasteiger charge is -2.12. The first-order chi connectivity index (χ1) is 9.20. The monoisotopic (exact) mass is 277 g/mol. The number of unbranched alkanes of at least 4 members (excludes halogenated alkanes) is 1. The molecule has 0 aromatic heterocycles. The van der Waals surface area contributed by atoms with E-state index in [-0.39, 0.29) is 19.1 Å². The summed E-state index contributed by atoms with van der Waals surface area (Å²) in [4.78, 5) is 11.0. The van der Waals surface area contributed by atoms with Crippen LogP contribution in [0.1, 0.15) is 26.7 Å². The van der Waals surface area contributed by atoms with E-state index in [2.05, 4.69) is 12.2 Å². The van der Waals surface area contributed by atoms with Crippen molar-refractivity contribution < 1.29 is 24.1 Å². The standard InChI is InChI=1S/C13H27NO5/c1-3-5-6-17-7-8-18-11-12(15)9-14-10-13(16)19-4-2/h12,14-15H,3-11H2,1-2H3. The third-order valence-corrected chi connectivity index (χ3v) is 2.28. The summed E-state index contributed by atoms with van der Waals surface area (Å²) in [5, 5.41) is 12.4. The van der Waals surface area contributed by atoms with Gasteiger partial charge in [0.25, 0.3) is 0 Å². The van der Waals surface area contributed by atoms with E-state index in [1.54, 1.807) is 6.92 Å². The normalized spacial score (nSPS) is 12.4. The first-order valence-electron chi connectivity index (χ1n) is 6.90. The minimum absolute atomic E-state index is 0.102. The van der Waals surface area contributed by atoms with Crippen molar-refractivity contribution in [1.82, 2.24) is 5.32 Å². The lowest BCUT2D eigenvalue weighted by molar-refractivity contribution is -0.142. The van der Waals surface area contributed by atoms with Crippen molar-refractivity contribution >= 4 is 5.97 Å². The Labute approximate surface area is 115 Å². The molecule has 0 spiro atoms. The van der Waals surface area contributed by atoms with Crippen LogP contribution in [-0.4, -0.2) is 63.3 Å². The van der Waals surface area contributed by atoms with Gasteiger partial charge >= 0.3 is 5.97 Å². The van der Waals surface area contributed by atoms with E-state index >= 15 is 0 Å². The highest BCUT2D eigenvalue weighted by molar-refractivity contribution is 5.71. The van der Waals surface area contributed by atoms with Crippen LogP contribution in [0.15, 0.2) is 0 Å². The molecule has 0 bridgehead atoms. The van der Waals surface area contributed by atoms with E-state index in [1.807, 2.05) is 0 Å². The Morgan fingerprint density at radius 3 is 2.63 bits per heavy atom. The van der Waals surface area contributed by atoms with E-state index in [0.29, 0.717) is 26.4 Å². The summed E-state index contributed by atoms with van der Waals surface area (Å²) in [6, 6.07) is 0. The zero-order valence-electron chi connectivity index (χ0n) is 12.0. The molecule has 19 heavy (non-hydrogen) atoms. The van der Waals surface area contributed by atoms with E-state index in [1.165, 1.54) is 0 Å². The first-order valence-corrected chi connectivity index (χ1v) is 6.90. The van der Waals surface area contributed by atoms with Crippen LogP contribution in [0.2, 0.25) is 0 Å². The van der Waals surface area contributed by atoms with Crippen LogP contribution in [-0.2, 0) is 19.0 Å². The Kier molecular flexibility index (Phi) is 13.2. The molecule has 0 aliphatic rings. The number of carbonyl (C=O) groups excluding carboxylic acids is 1. The average molecular weight is 277 g/mol. The number of ether oxygens (including phenoxy) is 3. The van der Waals surface area contributed by atoms with Gasteiger partial charge in [-0.05, 0) is 13.3 Å². The lowest BCUT2D eigenvalue weighted by Crippen LogP contribution is -2.34. The molecular weight excluding hydrogens is 250 g/mol. The van der Waals surface area contributed by atoms with Crippen molar-refractivity contribution in [1.29, 1.82) is 0 Å². The second-order valence-corrected chi connectivity index (χ2v) is 4.13. The fourth-order valence-corrected chi connectivity index (χ4v) is 1.30. The van der Waals surface area contributed by atoms with Crippen molar-refractivity contribution in [2.24, 2.45) is 0 Å². The Balaban J connectivity index is 3.25. The Morgan fingerprint density at radius 2 is 1.95 bits per heavy atom. The molecule has 0 amide bonds.